The second-order valence-electron chi connectivity index (χ2n) is 12.6. The van der Waals surface area contributed by atoms with Gasteiger partial charge in [0.2, 0.25) is 0 Å². The summed E-state index contributed by atoms with van der Waals surface area (Å²) in [6.45, 7) is 4.52. The molecule has 282 valence electrons. The highest BCUT2D eigenvalue weighted by Gasteiger charge is 2.12. The van der Waals surface area contributed by atoms with E-state index in [-0.39, 0.29) is 25.2 Å². The Labute approximate surface area is 293 Å². The van der Waals surface area contributed by atoms with Crippen molar-refractivity contribution < 1.29 is 39.6 Å². The van der Waals surface area contributed by atoms with Crippen LogP contribution in [0.5, 0.6) is 0 Å². The molecule has 0 aromatic rings. The molecule has 0 fully saturated rings. The molecular formula is C37H74ClNO8. The van der Waals surface area contributed by atoms with Crippen LogP contribution < -0.4 is 5.73 Å². The normalized spacial score (nSPS) is 10.9. The number of unbranched alkanes of at least 4 members (excludes halogenated alkanes) is 24. The highest BCUT2D eigenvalue weighted by atomic mass is 35.5. The highest BCUT2D eigenvalue weighted by Crippen LogP contribution is 2.14. The molecule has 1 unspecified atom stereocenters. The second kappa shape index (κ2) is 44.1. The molecule has 0 aliphatic heterocycles. The molecule has 0 aromatic heterocycles. The van der Waals surface area contributed by atoms with E-state index in [0.29, 0.717) is 12.8 Å². The van der Waals surface area contributed by atoms with E-state index in [1.807, 2.05) is 0 Å². The molecule has 0 bridgehead atoms. The standard InChI is InChI=1S/2C16H32O2.C5H9NO4.ClH/c2*1-2-3-4-5-6-7-8-9-10-11-12-13-14-15-16(17)18;6-3(5(9)10)1-2-4(7)8;/h2*2-15H2,1H3,(H,17,18);3H,1-2,6H2,(H,7,8)(H,9,10);1H. The Morgan fingerprint density at radius 2 is 0.617 bits per heavy atom. The van der Waals surface area contributed by atoms with Gasteiger partial charge in [-0.1, -0.05) is 168 Å². The molecule has 10 heteroatoms. The smallest absolute Gasteiger partial charge is 0.320 e. The molecule has 0 aliphatic carbocycles. The number of carboxylic acids is 4. The third-order valence-corrected chi connectivity index (χ3v) is 7.97. The zero-order valence-corrected chi connectivity index (χ0v) is 31.0. The van der Waals surface area contributed by atoms with Crippen molar-refractivity contribution in [2.24, 2.45) is 5.73 Å². The van der Waals surface area contributed by atoms with E-state index in [2.05, 4.69) is 13.8 Å². The predicted molar refractivity (Wildman–Crippen MR) is 196 cm³/mol. The molecule has 0 saturated heterocycles. The van der Waals surface area contributed by atoms with Crippen molar-refractivity contribution in [3.8, 4) is 0 Å². The fraction of sp³-hybridized carbons (Fsp3) is 0.892. The minimum atomic E-state index is -1.17. The van der Waals surface area contributed by atoms with E-state index in [1.165, 1.54) is 141 Å². The van der Waals surface area contributed by atoms with E-state index in [4.69, 9.17) is 26.2 Å². The first-order chi connectivity index (χ1) is 22.1. The van der Waals surface area contributed by atoms with Gasteiger partial charge in [-0.3, -0.25) is 19.2 Å². The van der Waals surface area contributed by atoms with Crippen LogP contribution in [0.15, 0.2) is 0 Å². The number of halogens is 1. The number of nitrogens with two attached hydrogens (primary N) is 1. The summed E-state index contributed by atoms with van der Waals surface area (Å²) in [6, 6.07) is -1.06. The van der Waals surface area contributed by atoms with Crippen molar-refractivity contribution in [3.63, 3.8) is 0 Å². The van der Waals surface area contributed by atoms with Crippen molar-refractivity contribution in [1.82, 2.24) is 0 Å². The molecule has 6 N–H and O–H groups in total. The Morgan fingerprint density at radius 1 is 0.404 bits per heavy atom. The van der Waals surface area contributed by atoms with Crippen LogP contribution in [-0.2, 0) is 19.2 Å². The summed E-state index contributed by atoms with van der Waals surface area (Å²) in [5, 5.41) is 33.3. The van der Waals surface area contributed by atoms with Gasteiger partial charge in [-0.25, -0.2) is 0 Å². The highest BCUT2D eigenvalue weighted by molar-refractivity contribution is 5.85. The van der Waals surface area contributed by atoms with Crippen molar-refractivity contribution in [1.29, 1.82) is 0 Å². The van der Waals surface area contributed by atoms with Crippen LogP contribution in [0.1, 0.15) is 206 Å². The van der Waals surface area contributed by atoms with Crippen LogP contribution in [0.25, 0.3) is 0 Å². The van der Waals surface area contributed by atoms with Crippen molar-refractivity contribution >= 4 is 36.3 Å². The summed E-state index contributed by atoms with van der Waals surface area (Å²) in [4.78, 5) is 40.5. The molecule has 9 nitrogen and oxygen atoms in total. The Kier molecular flexibility index (Phi) is 48.8. The summed E-state index contributed by atoms with van der Waals surface area (Å²) < 4.78 is 0. The van der Waals surface area contributed by atoms with Crippen molar-refractivity contribution in [2.45, 2.75) is 213 Å². The molecule has 0 radical (unpaired) electrons. The fourth-order valence-corrected chi connectivity index (χ4v) is 4.99. The van der Waals surface area contributed by atoms with Gasteiger partial charge in [-0.2, -0.15) is 0 Å². The molecular weight excluding hydrogens is 622 g/mol. The largest absolute Gasteiger partial charge is 0.481 e. The van der Waals surface area contributed by atoms with Crippen LogP contribution in [0.2, 0.25) is 0 Å². The van der Waals surface area contributed by atoms with E-state index in [0.717, 1.165) is 25.7 Å². The number of rotatable bonds is 32. The molecule has 0 aromatic carbocycles. The van der Waals surface area contributed by atoms with Crippen LogP contribution in [-0.4, -0.2) is 50.3 Å². The first kappa shape index (κ1) is 52.0. The van der Waals surface area contributed by atoms with Crippen molar-refractivity contribution in [3.05, 3.63) is 0 Å². The average Bonchev–Trinajstić information content (AvgIpc) is 3.00. The lowest BCUT2D eigenvalue weighted by atomic mass is 10.0. The number of aliphatic carboxylic acids is 4. The molecule has 0 saturated carbocycles. The van der Waals surface area contributed by atoms with Gasteiger partial charge in [0.1, 0.15) is 6.04 Å². The lowest BCUT2D eigenvalue weighted by Crippen LogP contribution is -2.30. The van der Waals surface area contributed by atoms with Gasteiger partial charge < -0.3 is 26.2 Å². The van der Waals surface area contributed by atoms with Gasteiger partial charge in [0.25, 0.3) is 0 Å². The summed E-state index contributed by atoms with van der Waals surface area (Å²) in [5.74, 6) is -3.51. The van der Waals surface area contributed by atoms with Gasteiger partial charge in [0, 0.05) is 19.3 Å². The van der Waals surface area contributed by atoms with Gasteiger partial charge in [-0.05, 0) is 19.3 Å². The van der Waals surface area contributed by atoms with Crippen LogP contribution in [0, 0.1) is 0 Å². The van der Waals surface area contributed by atoms with Crippen LogP contribution in [0.4, 0.5) is 0 Å². The molecule has 0 spiro atoms. The van der Waals surface area contributed by atoms with E-state index < -0.39 is 29.9 Å². The summed E-state index contributed by atoms with van der Waals surface area (Å²) >= 11 is 0. The second-order valence-corrected chi connectivity index (χ2v) is 12.6. The van der Waals surface area contributed by atoms with Gasteiger partial charge in [0.05, 0.1) is 0 Å². The Morgan fingerprint density at radius 3 is 0.809 bits per heavy atom. The van der Waals surface area contributed by atoms with E-state index >= 15 is 0 Å². The molecule has 0 aliphatic rings. The quantitative estimate of drug-likeness (QED) is 0.0428. The molecule has 0 rings (SSSR count). The minimum Gasteiger partial charge on any atom is -0.481 e. The van der Waals surface area contributed by atoms with Crippen LogP contribution >= 0.6 is 12.4 Å². The minimum absolute atomic E-state index is 0. The van der Waals surface area contributed by atoms with Gasteiger partial charge >= 0.3 is 23.9 Å². The maximum Gasteiger partial charge on any atom is 0.320 e. The summed E-state index contributed by atoms with van der Waals surface area (Å²) in [5.41, 5.74) is 5.00. The monoisotopic (exact) mass is 696 g/mol. The van der Waals surface area contributed by atoms with Gasteiger partial charge in [-0.15, -0.1) is 12.4 Å². The average molecular weight is 696 g/mol. The zero-order valence-electron chi connectivity index (χ0n) is 30.2. The Bertz CT molecular complexity index is 653. The van der Waals surface area contributed by atoms with Gasteiger partial charge in [0.15, 0.2) is 0 Å². The first-order valence-electron chi connectivity index (χ1n) is 18.7. The maximum absolute atomic E-state index is 10.3. The summed E-state index contributed by atoms with van der Waals surface area (Å²) in [7, 11) is 0. The lowest BCUT2D eigenvalue weighted by molar-refractivity contribution is -0.140. The predicted octanol–water partition coefficient (Wildman–Crippen LogP) is 10.8. The third kappa shape index (κ3) is 56.8. The summed E-state index contributed by atoms with van der Waals surface area (Å²) in [6.07, 6.45) is 34.3. The lowest BCUT2D eigenvalue weighted by Gasteiger charge is -2.02. The number of hydrogen-bond acceptors (Lipinski definition) is 5. The zero-order chi connectivity index (χ0) is 35.1. The SMILES string of the molecule is CCCCCCCCCCCCCCCC(=O)O.CCCCCCCCCCCCCCCC(=O)O.Cl.NC(CCC(=O)O)C(=O)O. The fourth-order valence-electron chi connectivity index (χ4n) is 4.99. The number of hydrogen-bond donors (Lipinski definition) is 5. The third-order valence-electron chi connectivity index (χ3n) is 7.97. The maximum atomic E-state index is 10.3. The first-order valence-corrected chi connectivity index (χ1v) is 18.7. The topological polar surface area (TPSA) is 175 Å². The number of carbonyl (C=O) groups is 4. The van der Waals surface area contributed by atoms with Crippen LogP contribution in [0.3, 0.4) is 0 Å². The Balaban J connectivity index is -0.000000304. The Hall–Kier alpha value is -1.87. The van der Waals surface area contributed by atoms with E-state index in [1.54, 1.807) is 0 Å². The molecule has 47 heavy (non-hydrogen) atoms. The molecule has 0 amide bonds. The van der Waals surface area contributed by atoms with E-state index in [9.17, 15) is 19.2 Å². The number of carboxylic acid groups (broad SMARTS) is 4. The molecule has 0 heterocycles. The van der Waals surface area contributed by atoms with Crippen molar-refractivity contribution in [2.75, 3.05) is 0 Å². The molecule has 1 atom stereocenters.